The van der Waals surface area contributed by atoms with Crippen LogP contribution in [0.5, 0.6) is 0 Å². The molecule has 0 bridgehead atoms. The van der Waals surface area contributed by atoms with Crippen molar-refractivity contribution in [2.45, 2.75) is 4.90 Å². The minimum Gasteiger partial charge on any atom is -0.449 e. The first-order chi connectivity index (χ1) is 6.18. The van der Waals surface area contributed by atoms with Crippen LogP contribution in [0.4, 0.5) is 9.59 Å². The van der Waals surface area contributed by atoms with E-state index in [1.54, 1.807) is 30.3 Å². The number of benzene rings is 1. The van der Waals surface area contributed by atoms with E-state index in [0.29, 0.717) is 4.90 Å². The number of thioether (sulfide) groups is 1. The lowest BCUT2D eigenvalue weighted by atomic mass is 10.4. The molecular weight excluding hydrogens is 192 g/mol. The second-order valence-corrected chi connectivity index (χ2v) is 3.04. The molecule has 4 nitrogen and oxygen atoms in total. The fourth-order valence-electron chi connectivity index (χ4n) is 0.677. The van der Waals surface area contributed by atoms with Crippen LogP contribution in [-0.4, -0.2) is 16.6 Å². The first-order valence-corrected chi connectivity index (χ1v) is 4.18. The van der Waals surface area contributed by atoms with E-state index in [1.807, 2.05) is 0 Å². The smallest absolute Gasteiger partial charge is 0.449 e. The van der Waals surface area contributed by atoms with E-state index >= 15 is 0 Å². The van der Waals surface area contributed by atoms with E-state index in [-0.39, 0.29) is 0 Å². The molecule has 1 aromatic carbocycles. The first kappa shape index (κ1) is 9.60. The van der Waals surface area contributed by atoms with Crippen LogP contribution in [0.25, 0.3) is 0 Å². The lowest BCUT2D eigenvalue weighted by Gasteiger charge is -1.97. The first-order valence-electron chi connectivity index (χ1n) is 3.36. The molecule has 0 heterocycles. The van der Waals surface area contributed by atoms with E-state index in [1.165, 1.54) is 0 Å². The molecule has 0 saturated carbocycles. The summed E-state index contributed by atoms with van der Waals surface area (Å²) in [5.41, 5.74) is 0. The van der Waals surface area contributed by atoms with Crippen molar-refractivity contribution in [1.82, 2.24) is 0 Å². The molecule has 0 aliphatic carbocycles. The number of ether oxygens (including phenoxy) is 1. The van der Waals surface area contributed by atoms with Crippen LogP contribution in [0.1, 0.15) is 0 Å². The van der Waals surface area contributed by atoms with Gasteiger partial charge >= 0.3 is 11.5 Å². The quantitative estimate of drug-likeness (QED) is 0.427. The summed E-state index contributed by atoms with van der Waals surface area (Å²) in [6, 6.07) is 8.67. The zero-order valence-corrected chi connectivity index (χ0v) is 7.28. The van der Waals surface area contributed by atoms with Gasteiger partial charge in [-0.25, -0.2) is 9.59 Å². The van der Waals surface area contributed by atoms with Gasteiger partial charge in [0.15, 0.2) is 0 Å². The Bertz CT molecular complexity index is 309. The van der Waals surface area contributed by atoms with Crippen LogP contribution in [0.3, 0.4) is 0 Å². The highest BCUT2D eigenvalue weighted by Crippen LogP contribution is 2.19. The van der Waals surface area contributed by atoms with Crippen LogP contribution >= 0.6 is 11.8 Å². The molecule has 0 aromatic heterocycles. The van der Waals surface area contributed by atoms with Crippen LogP contribution in [0.15, 0.2) is 35.2 Å². The average Bonchev–Trinajstić information content (AvgIpc) is 2.04. The molecule has 1 aromatic rings. The fourth-order valence-corrected chi connectivity index (χ4v) is 1.28. The molecule has 0 aliphatic heterocycles. The van der Waals surface area contributed by atoms with Gasteiger partial charge in [0.2, 0.25) is 0 Å². The van der Waals surface area contributed by atoms with Crippen LogP contribution in [-0.2, 0) is 4.74 Å². The van der Waals surface area contributed by atoms with Gasteiger partial charge in [-0.15, -0.1) is 0 Å². The van der Waals surface area contributed by atoms with Gasteiger partial charge in [0.1, 0.15) is 0 Å². The number of carboxylic acid groups (broad SMARTS) is 1. The maximum absolute atomic E-state index is 10.8. The number of hydrogen-bond acceptors (Lipinski definition) is 4. The topological polar surface area (TPSA) is 63.6 Å². The highest BCUT2D eigenvalue weighted by Gasteiger charge is 2.09. The summed E-state index contributed by atoms with van der Waals surface area (Å²) >= 11 is 0.730. The Labute approximate surface area is 78.5 Å². The zero-order valence-electron chi connectivity index (χ0n) is 6.47. The molecule has 5 heteroatoms. The van der Waals surface area contributed by atoms with E-state index < -0.39 is 11.5 Å². The van der Waals surface area contributed by atoms with Crippen molar-refractivity contribution in [2.24, 2.45) is 0 Å². The van der Waals surface area contributed by atoms with Crippen molar-refractivity contribution in [1.29, 1.82) is 0 Å². The van der Waals surface area contributed by atoms with Crippen molar-refractivity contribution in [3.05, 3.63) is 30.3 Å². The Kier molecular flexibility index (Phi) is 3.33. The van der Waals surface area contributed by atoms with Gasteiger partial charge in [-0.2, -0.15) is 0 Å². The molecule has 0 fully saturated rings. The van der Waals surface area contributed by atoms with Crippen molar-refractivity contribution >= 4 is 23.2 Å². The molecule has 0 aliphatic rings. The standard InChI is InChI=1S/C8H6O4S/c9-7(10)12-8(11)13-6-4-2-1-3-5-6/h1-5H,(H,9,10). The van der Waals surface area contributed by atoms with Gasteiger partial charge < -0.3 is 9.84 Å². The Balaban J connectivity index is 2.50. The highest BCUT2D eigenvalue weighted by atomic mass is 32.2. The third-order valence-corrected chi connectivity index (χ3v) is 1.87. The molecule has 1 N–H and O–H groups in total. The molecule has 0 amide bonds. The molecule has 13 heavy (non-hydrogen) atoms. The summed E-state index contributed by atoms with van der Waals surface area (Å²) in [5, 5.41) is 7.26. The highest BCUT2D eigenvalue weighted by molar-refractivity contribution is 8.13. The Hall–Kier alpha value is -1.49. The summed E-state index contributed by atoms with van der Waals surface area (Å²) in [7, 11) is 0. The summed E-state index contributed by atoms with van der Waals surface area (Å²) in [6.07, 6.45) is -1.59. The molecule has 68 valence electrons. The summed E-state index contributed by atoms with van der Waals surface area (Å²) in [4.78, 5) is 21.4. The molecular formula is C8H6O4S. The Morgan fingerprint density at radius 1 is 1.23 bits per heavy atom. The molecule has 0 atom stereocenters. The second kappa shape index (κ2) is 4.51. The number of hydrogen-bond donors (Lipinski definition) is 1. The van der Waals surface area contributed by atoms with Gasteiger partial charge in [0, 0.05) is 4.90 Å². The van der Waals surface area contributed by atoms with Gasteiger partial charge in [-0.3, -0.25) is 0 Å². The SMILES string of the molecule is O=C(O)OC(=O)Sc1ccccc1. The van der Waals surface area contributed by atoms with E-state index in [0.717, 1.165) is 11.8 Å². The Morgan fingerprint density at radius 2 is 1.85 bits per heavy atom. The summed E-state index contributed by atoms with van der Waals surface area (Å²) in [5.74, 6) is 0. The third kappa shape index (κ3) is 3.62. The minimum absolute atomic E-state index is 0.647. The monoisotopic (exact) mass is 198 g/mol. The average molecular weight is 198 g/mol. The summed E-state index contributed by atoms with van der Waals surface area (Å²) < 4.78 is 3.89. The number of rotatable bonds is 1. The fraction of sp³-hybridized carbons (Fsp3) is 0. The van der Waals surface area contributed by atoms with E-state index in [2.05, 4.69) is 4.74 Å². The zero-order chi connectivity index (χ0) is 9.68. The maximum Gasteiger partial charge on any atom is 0.514 e. The van der Waals surface area contributed by atoms with Crippen molar-refractivity contribution in [3.63, 3.8) is 0 Å². The predicted octanol–water partition coefficient (Wildman–Crippen LogP) is 2.59. The molecule has 0 radical (unpaired) electrons. The van der Waals surface area contributed by atoms with Crippen molar-refractivity contribution in [2.75, 3.05) is 0 Å². The second-order valence-electron chi connectivity index (χ2n) is 2.03. The third-order valence-electron chi connectivity index (χ3n) is 1.12. The van der Waals surface area contributed by atoms with Crippen molar-refractivity contribution in [3.8, 4) is 0 Å². The lowest BCUT2D eigenvalue weighted by molar-refractivity contribution is 0.121. The molecule has 1 rings (SSSR count). The van der Waals surface area contributed by atoms with E-state index in [4.69, 9.17) is 5.11 Å². The van der Waals surface area contributed by atoms with E-state index in [9.17, 15) is 9.59 Å². The normalized spacial score (nSPS) is 9.23. The van der Waals surface area contributed by atoms with Gasteiger partial charge in [-0.1, -0.05) is 18.2 Å². The van der Waals surface area contributed by atoms with Crippen molar-refractivity contribution < 1.29 is 19.4 Å². The van der Waals surface area contributed by atoms with Crippen LogP contribution in [0, 0.1) is 0 Å². The summed E-state index contributed by atoms with van der Waals surface area (Å²) in [6.45, 7) is 0. The van der Waals surface area contributed by atoms with Gasteiger partial charge in [0.25, 0.3) is 0 Å². The molecule has 0 spiro atoms. The number of carbonyl (C=O) groups excluding carboxylic acids is 1. The van der Waals surface area contributed by atoms with Crippen LogP contribution in [0.2, 0.25) is 0 Å². The van der Waals surface area contributed by atoms with Gasteiger partial charge in [0.05, 0.1) is 0 Å². The largest absolute Gasteiger partial charge is 0.514 e. The molecule has 0 unspecified atom stereocenters. The maximum atomic E-state index is 10.8. The predicted molar refractivity (Wildman–Crippen MR) is 46.8 cm³/mol. The number of carbonyl (C=O) groups is 2. The van der Waals surface area contributed by atoms with Gasteiger partial charge in [-0.05, 0) is 23.9 Å². The minimum atomic E-state index is -1.59. The molecule has 0 saturated heterocycles. The Morgan fingerprint density at radius 3 is 2.38 bits per heavy atom. The lowest BCUT2D eigenvalue weighted by Crippen LogP contribution is -2.03. The van der Waals surface area contributed by atoms with Crippen LogP contribution < -0.4 is 0 Å².